The highest BCUT2D eigenvalue weighted by Gasteiger charge is 2.55. The van der Waals surface area contributed by atoms with E-state index >= 15 is 0 Å². The number of hydrogen-bond donors (Lipinski definition) is 3. The number of nitrogens with one attached hydrogen (secondary N) is 2. The van der Waals surface area contributed by atoms with Crippen LogP contribution in [0.15, 0.2) is 138 Å². The molecule has 4 heterocycles. The van der Waals surface area contributed by atoms with Gasteiger partial charge in [0, 0.05) is 11.4 Å². The van der Waals surface area contributed by atoms with Gasteiger partial charge in [-0.15, -0.1) is 23.1 Å². The Labute approximate surface area is 348 Å². The molecule has 5 aromatic rings. The molecule has 2 amide bonds. The van der Waals surface area contributed by atoms with Crippen LogP contribution in [0.4, 0.5) is 5.13 Å². The van der Waals surface area contributed by atoms with E-state index in [1.165, 1.54) is 30.2 Å². The number of β-lactam (4-membered cyclic amide) rings is 1. The van der Waals surface area contributed by atoms with Gasteiger partial charge in [0.05, 0.1) is 5.75 Å². The first-order valence-electron chi connectivity index (χ1n) is 17.3. The zero-order chi connectivity index (χ0) is 38.4. The van der Waals surface area contributed by atoms with Gasteiger partial charge in [-0.3, -0.25) is 14.5 Å². The molecule has 2 aromatic heterocycles. The fourth-order valence-corrected chi connectivity index (χ4v) is 8.56. The van der Waals surface area contributed by atoms with Gasteiger partial charge in [0.2, 0.25) is 13.0 Å². The van der Waals surface area contributed by atoms with Gasteiger partial charge in [-0.1, -0.05) is 96.2 Å². The molecule has 56 heavy (non-hydrogen) atoms. The van der Waals surface area contributed by atoms with E-state index in [1.807, 2.05) is 78.4 Å². The molecule has 0 unspecified atom stereocenters. The molecule has 2 atom stereocenters. The zero-order valence-electron chi connectivity index (χ0n) is 30.2. The number of benzene rings is 3. The normalized spacial score (nSPS) is 16.5. The first-order valence-corrected chi connectivity index (χ1v) is 19.2. The Morgan fingerprint density at radius 2 is 1.59 bits per heavy atom. The first kappa shape index (κ1) is 40.2. The van der Waals surface area contributed by atoms with Crippen molar-refractivity contribution >= 4 is 51.7 Å². The van der Waals surface area contributed by atoms with E-state index in [0.29, 0.717) is 10.9 Å². The maximum atomic E-state index is 13.8. The van der Waals surface area contributed by atoms with E-state index < -0.39 is 34.7 Å². The number of carbonyl (C=O) groups is 3. The molecule has 0 bridgehead atoms. The van der Waals surface area contributed by atoms with Crippen molar-refractivity contribution in [3.63, 3.8) is 0 Å². The molecule has 0 saturated carbocycles. The lowest BCUT2D eigenvalue weighted by Crippen LogP contribution is -3.00. The van der Waals surface area contributed by atoms with Crippen molar-refractivity contribution in [3.8, 4) is 5.75 Å². The summed E-state index contributed by atoms with van der Waals surface area (Å²) in [5, 5.41) is 22.0. The van der Waals surface area contributed by atoms with Crippen molar-refractivity contribution in [1.29, 1.82) is 0 Å². The van der Waals surface area contributed by atoms with Gasteiger partial charge in [-0.05, 0) is 29.7 Å². The number of ether oxygens (including phenoxy) is 2. The van der Waals surface area contributed by atoms with Gasteiger partial charge in [0.25, 0.3) is 11.8 Å². The molecule has 0 spiro atoms. The Kier molecular flexibility index (Phi) is 12.9. The van der Waals surface area contributed by atoms with Gasteiger partial charge in [0.15, 0.2) is 28.5 Å². The number of hydrogen-bond acceptors (Lipinski definition) is 11. The number of aliphatic carboxylic acids is 1. The number of thioether (sulfide) groups is 1. The Bertz CT molecular complexity index is 2140. The average molecular weight is 905 g/mol. The Balaban J connectivity index is 0.00000532. The number of nitrogens with zero attached hydrogens (tertiary/aromatic N) is 4. The van der Waals surface area contributed by atoms with Crippen LogP contribution in [-0.2, 0) is 36.0 Å². The van der Waals surface area contributed by atoms with Crippen LogP contribution < -0.4 is 43.9 Å². The Hall–Kier alpha value is -5.46. The second-order valence-electron chi connectivity index (χ2n) is 12.3. The molecule has 0 aliphatic carbocycles. The van der Waals surface area contributed by atoms with Crippen LogP contribution in [0.1, 0.15) is 29.3 Å². The fraction of sp³-hybridized carbons (Fsp3) is 0.200. The largest absolute Gasteiger partial charge is 1.00 e. The molecular formula is C40H37IN6O7S2. The van der Waals surface area contributed by atoms with E-state index in [-0.39, 0.29) is 59.4 Å². The lowest BCUT2D eigenvalue weighted by atomic mass is 9.77. The van der Waals surface area contributed by atoms with Gasteiger partial charge < -0.3 is 54.0 Å². The monoisotopic (exact) mass is 904 g/mol. The van der Waals surface area contributed by atoms with Crippen molar-refractivity contribution in [2.45, 2.75) is 30.4 Å². The average Bonchev–Trinajstić information content (AvgIpc) is 3.69. The maximum absolute atomic E-state index is 13.8. The van der Waals surface area contributed by atoms with E-state index in [9.17, 15) is 19.5 Å². The van der Waals surface area contributed by atoms with Crippen LogP contribution in [0.3, 0.4) is 0 Å². The number of halogens is 1. The SMILES string of the molecule is CC[n+]1cccc(OCOC2=C(C(=O)O)N3C(=O)[C@@H](NC(=O)/C(=N\OC)c4csc(NC(c5ccccc5)(c5ccccc5)c5ccccc5)n4)[C@H]3SC2)c1.[I-]. The van der Waals surface area contributed by atoms with E-state index in [2.05, 4.69) is 52.2 Å². The number of oxime groups is 1. The summed E-state index contributed by atoms with van der Waals surface area (Å²) in [5.41, 5.74) is 1.85. The number of carboxylic acids is 1. The highest BCUT2D eigenvalue weighted by Crippen LogP contribution is 2.42. The zero-order valence-corrected chi connectivity index (χ0v) is 34.0. The second-order valence-corrected chi connectivity index (χ2v) is 14.3. The molecule has 0 radical (unpaired) electrons. The molecule has 2 aliphatic rings. The summed E-state index contributed by atoms with van der Waals surface area (Å²) in [7, 11) is 1.31. The number of rotatable bonds is 15. The third-order valence-corrected chi connectivity index (χ3v) is 11.1. The van der Waals surface area contributed by atoms with Crippen LogP contribution >= 0.6 is 23.1 Å². The lowest BCUT2D eigenvalue weighted by molar-refractivity contribution is -0.693. The van der Waals surface area contributed by atoms with Crippen LogP contribution in [0, 0.1) is 0 Å². The number of aryl methyl sites for hydroxylation is 1. The van der Waals surface area contributed by atoms with E-state index in [4.69, 9.17) is 19.3 Å². The van der Waals surface area contributed by atoms with Gasteiger partial charge in [0.1, 0.15) is 42.1 Å². The lowest BCUT2D eigenvalue weighted by Gasteiger charge is -2.48. The third-order valence-electron chi connectivity index (χ3n) is 9.14. The minimum absolute atomic E-state index is 0. The number of thiazole rings is 1. The van der Waals surface area contributed by atoms with Gasteiger partial charge >= 0.3 is 5.97 Å². The van der Waals surface area contributed by atoms with E-state index in [0.717, 1.165) is 28.1 Å². The molecule has 3 aromatic carbocycles. The van der Waals surface area contributed by atoms with Crippen molar-refractivity contribution in [2.24, 2.45) is 5.16 Å². The first-order chi connectivity index (χ1) is 26.8. The summed E-state index contributed by atoms with van der Waals surface area (Å²) in [6.07, 6.45) is 3.69. The van der Waals surface area contributed by atoms with Crippen molar-refractivity contribution in [1.82, 2.24) is 15.2 Å². The number of amides is 2. The molecule has 1 saturated heterocycles. The Morgan fingerprint density at radius 1 is 0.964 bits per heavy atom. The van der Waals surface area contributed by atoms with Crippen LogP contribution in [0.25, 0.3) is 0 Å². The molecule has 2 aliphatic heterocycles. The van der Waals surface area contributed by atoms with Gasteiger partial charge in [-0.2, -0.15) is 0 Å². The van der Waals surface area contributed by atoms with Crippen molar-refractivity contribution < 1.29 is 62.3 Å². The molecular weight excluding hydrogens is 868 g/mol. The molecule has 16 heteroatoms. The number of aromatic nitrogens is 2. The minimum atomic E-state index is -1.33. The smallest absolute Gasteiger partial charge is 0.356 e. The number of pyridine rings is 1. The summed E-state index contributed by atoms with van der Waals surface area (Å²) in [6.45, 7) is 2.49. The molecule has 3 N–H and O–H groups in total. The van der Waals surface area contributed by atoms with Crippen molar-refractivity contribution in [2.75, 3.05) is 25.0 Å². The minimum Gasteiger partial charge on any atom is -1.00 e. The molecule has 1 fully saturated rings. The highest BCUT2D eigenvalue weighted by molar-refractivity contribution is 8.00. The standard InChI is InChI=1S/C40H36N6O7S2.HI/c1-3-45-21-13-20-29(22-45)52-25-53-31-24-54-37-33(36(48)46(37)34(31)38(49)50)42-35(47)32(44-51-2)30-23-55-39(41-30)43-40(26-14-7-4-8-15-26,27-16-9-5-10-17-27)28-18-11-6-12-19-28;/h4-23,33,37H,3,24-25H2,1-2H3,(H2-,41,42,43,47,49,50);1H/b44-32-;/t33-,37-;/m1./s1. The molecule has 288 valence electrons. The number of carbonyl (C=O) groups excluding carboxylic acids is 2. The van der Waals surface area contributed by atoms with Gasteiger partial charge in [-0.25, -0.2) is 14.3 Å². The van der Waals surface area contributed by atoms with Crippen LogP contribution in [0.2, 0.25) is 0 Å². The quantitative estimate of drug-likeness (QED) is 0.0270. The fourth-order valence-electron chi connectivity index (χ4n) is 6.54. The maximum Gasteiger partial charge on any atom is 0.356 e. The summed E-state index contributed by atoms with van der Waals surface area (Å²) < 4.78 is 13.3. The summed E-state index contributed by atoms with van der Waals surface area (Å²) in [6, 6.07) is 32.6. The van der Waals surface area contributed by atoms with Crippen molar-refractivity contribution in [3.05, 3.63) is 155 Å². The number of carboxylic acid groups (broad SMARTS) is 1. The number of anilines is 1. The predicted octanol–water partition coefficient (Wildman–Crippen LogP) is 1.96. The Morgan fingerprint density at radius 3 is 2.16 bits per heavy atom. The topological polar surface area (TPSA) is 156 Å². The third kappa shape index (κ3) is 8.08. The van der Waals surface area contributed by atoms with Crippen LogP contribution in [0.5, 0.6) is 5.75 Å². The highest BCUT2D eigenvalue weighted by atomic mass is 127. The summed E-state index contributed by atoms with van der Waals surface area (Å²) >= 11 is 2.55. The molecule has 13 nitrogen and oxygen atoms in total. The molecule has 7 rings (SSSR count). The predicted molar refractivity (Wildman–Crippen MR) is 207 cm³/mol. The second kappa shape index (κ2) is 18.0. The summed E-state index contributed by atoms with van der Waals surface area (Å²) in [5.74, 6) is -1.86. The van der Waals surface area contributed by atoms with E-state index in [1.54, 1.807) is 17.6 Å². The van der Waals surface area contributed by atoms with Crippen LogP contribution in [-0.4, -0.2) is 69.6 Å². The number of fused-ring (bicyclic) bond motifs is 1. The summed E-state index contributed by atoms with van der Waals surface area (Å²) in [4.78, 5) is 50.6.